The van der Waals surface area contributed by atoms with Crippen LogP contribution in [0.25, 0.3) is 0 Å². The molecule has 2 aliphatic heterocycles. The molecular formula is C17H17NO3S. The zero-order valence-corrected chi connectivity index (χ0v) is 12.9. The molecule has 0 aliphatic carbocycles. The van der Waals surface area contributed by atoms with Gasteiger partial charge < -0.3 is 14.4 Å². The number of nitrogens with zero attached hydrogens (tertiary/aromatic N) is 1. The molecule has 0 bridgehead atoms. The van der Waals surface area contributed by atoms with Crippen molar-refractivity contribution in [2.45, 2.75) is 25.0 Å². The van der Waals surface area contributed by atoms with Crippen molar-refractivity contribution < 1.29 is 14.3 Å². The Labute approximate surface area is 133 Å². The smallest absolute Gasteiger partial charge is 0.267 e. The van der Waals surface area contributed by atoms with Crippen LogP contribution in [0.2, 0.25) is 0 Å². The summed E-state index contributed by atoms with van der Waals surface area (Å²) in [5.74, 6) is 1.40. The van der Waals surface area contributed by atoms with Crippen LogP contribution >= 0.6 is 11.3 Å². The van der Waals surface area contributed by atoms with E-state index in [-0.39, 0.29) is 18.6 Å². The average molecular weight is 315 g/mol. The summed E-state index contributed by atoms with van der Waals surface area (Å²) in [7, 11) is 0. The van der Waals surface area contributed by atoms with Crippen molar-refractivity contribution in [1.82, 2.24) is 4.90 Å². The van der Waals surface area contributed by atoms with Gasteiger partial charge >= 0.3 is 0 Å². The third kappa shape index (κ3) is 2.35. The molecule has 5 heteroatoms. The van der Waals surface area contributed by atoms with Gasteiger partial charge in [0.2, 0.25) is 6.10 Å². The second-order valence-corrected chi connectivity index (χ2v) is 6.55. The van der Waals surface area contributed by atoms with Gasteiger partial charge in [0.15, 0.2) is 11.5 Å². The van der Waals surface area contributed by atoms with E-state index >= 15 is 0 Å². The summed E-state index contributed by atoms with van der Waals surface area (Å²) in [5, 5.41) is 2.06. The van der Waals surface area contributed by atoms with E-state index in [1.54, 1.807) is 11.3 Å². The van der Waals surface area contributed by atoms with Crippen molar-refractivity contribution in [2.24, 2.45) is 0 Å². The predicted octanol–water partition coefficient (Wildman–Crippen LogP) is 3.25. The Hall–Kier alpha value is -2.01. The van der Waals surface area contributed by atoms with Crippen LogP contribution in [0.15, 0.2) is 41.8 Å². The van der Waals surface area contributed by atoms with Crippen LogP contribution in [0, 0.1) is 0 Å². The Bertz CT molecular complexity index is 670. The fourth-order valence-corrected chi connectivity index (χ4v) is 4.01. The molecule has 2 aliphatic rings. The van der Waals surface area contributed by atoms with Gasteiger partial charge in [-0.15, -0.1) is 11.3 Å². The van der Waals surface area contributed by atoms with E-state index < -0.39 is 6.10 Å². The zero-order valence-electron chi connectivity index (χ0n) is 12.1. The molecule has 1 saturated heterocycles. The van der Waals surface area contributed by atoms with Gasteiger partial charge in [-0.05, 0) is 36.4 Å². The molecule has 0 spiro atoms. The number of benzene rings is 1. The number of likely N-dealkylation sites (tertiary alicyclic amines) is 1. The van der Waals surface area contributed by atoms with E-state index in [0.717, 1.165) is 19.4 Å². The highest BCUT2D eigenvalue weighted by atomic mass is 32.1. The molecule has 4 rings (SSSR count). The number of ether oxygens (including phenoxy) is 2. The molecule has 2 atom stereocenters. The maximum atomic E-state index is 12.8. The van der Waals surface area contributed by atoms with Crippen molar-refractivity contribution >= 4 is 17.2 Å². The fourth-order valence-electron chi connectivity index (χ4n) is 3.13. The number of rotatable bonds is 2. The first-order valence-electron chi connectivity index (χ1n) is 7.55. The minimum absolute atomic E-state index is 0.0328. The summed E-state index contributed by atoms with van der Waals surface area (Å²) >= 11 is 1.71. The van der Waals surface area contributed by atoms with Crippen molar-refractivity contribution in [3.63, 3.8) is 0 Å². The number of amides is 1. The number of hydrogen-bond donors (Lipinski definition) is 0. The molecule has 0 radical (unpaired) electrons. The molecule has 1 aromatic carbocycles. The van der Waals surface area contributed by atoms with Crippen LogP contribution in [0.1, 0.15) is 23.8 Å². The van der Waals surface area contributed by atoms with E-state index in [0.29, 0.717) is 11.5 Å². The van der Waals surface area contributed by atoms with E-state index in [9.17, 15) is 4.79 Å². The minimum Gasteiger partial charge on any atom is -0.485 e. The lowest BCUT2D eigenvalue weighted by molar-refractivity contribution is -0.142. The number of hydrogen-bond acceptors (Lipinski definition) is 4. The summed E-state index contributed by atoms with van der Waals surface area (Å²) in [6.07, 6.45) is 1.52. The fraction of sp³-hybridized carbons (Fsp3) is 0.353. The van der Waals surface area contributed by atoms with Crippen molar-refractivity contribution in [2.75, 3.05) is 13.2 Å². The zero-order chi connectivity index (χ0) is 14.9. The van der Waals surface area contributed by atoms with Crippen LogP contribution in [0.4, 0.5) is 0 Å². The maximum Gasteiger partial charge on any atom is 0.267 e. The van der Waals surface area contributed by atoms with Gasteiger partial charge in [-0.3, -0.25) is 4.79 Å². The molecule has 3 heterocycles. The summed E-state index contributed by atoms with van der Waals surface area (Å²) in [6.45, 7) is 1.08. The van der Waals surface area contributed by atoms with Crippen LogP contribution in [0.5, 0.6) is 11.5 Å². The lowest BCUT2D eigenvalue weighted by Gasteiger charge is -2.31. The number of para-hydroxylation sites is 2. The molecule has 1 amide bonds. The van der Waals surface area contributed by atoms with Gasteiger partial charge in [-0.2, -0.15) is 0 Å². The van der Waals surface area contributed by atoms with E-state index in [2.05, 4.69) is 11.4 Å². The molecule has 0 saturated carbocycles. The predicted molar refractivity (Wildman–Crippen MR) is 84.4 cm³/mol. The molecule has 4 nitrogen and oxygen atoms in total. The number of carbonyl (C=O) groups excluding carboxylic acids is 1. The largest absolute Gasteiger partial charge is 0.485 e. The quantitative estimate of drug-likeness (QED) is 0.854. The van der Waals surface area contributed by atoms with Crippen molar-refractivity contribution in [1.29, 1.82) is 0 Å². The monoisotopic (exact) mass is 315 g/mol. The van der Waals surface area contributed by atoms with Crippen LogP contribution < -0.4 is 9.47 Å². The van der Waals surface area contributed by atoms with Gasteiger partial charge in [0.05, 0.1) is 6.04 Å². The average Bonchev–Trinajstić information content (AvgIpc) is 3.24. The standard InChI is InChI=1S/C17H17NO3S/c19-17(15-11-20-13-6-1-2-7-14(13)21-15)18-9-3-5-12(18)16-8-4-10-22-16/h1-2,4,6-8,10,12,15H,3,5,9,11H2. The molecule has 0 N–H and O–H groups in total. The van der Waals surface area contributed by atoms with Gasteiger partial charge in [0, 0.05) is 11.4 Å². The van der Waals surface area contributed by atoms with E-state index in [1.807, 2.05) is 35.2 Å². The second-order valence-electron chi connectivity index (χ2n) is 5.57. The summed E-state index contributed by atoms with van der Waals surface area (Å²) < 4.78 is 11.5. The number of carbonyl (C=O) groups is 1. The Morgan fingerprint density at radius 3 is 2.86 bits per heavy atom. The lowest BCUT2D eigenvalue weighted by Crippen LogP contribution is -2.46. The lowest BCUT2D eigenvalue weighted by atomic mass is 10.1. The highest BCUT2D eigenvalue weighted by Crippen LogP contribution is 2.37. The first-order chi connectivity index (χ1) is 10.8. The molecule has 1 fully saturated rings. The normalized spacial score (nSPS) is 23.5. The van der Waals surface area contributed by atoms with Crippen LogP contribution in [-0.4, -0.2) is 30.1 Å². The molecule has 2 unspecified atom stereocenters. The summed E-state index contributed by atoms with van der Waals surface area (Å²) in [5.41, 5.74) is 0. The molecule has 2 aromatic rings. The topological polar surface area (TPSA) is 38.8 Å². The SMILES string of the molecule is O=C(C1COc2ccccc2O1)N1CCCC1c1cccs1. The van der Waals surface area contributed by atoms with Gasteiger partial charge in [-0.25, -0.2) is 0 Å². The highest BCUT2D eigenvalue weighted by Gasteiger charge is 2.37. The molecule has 1 aromatic heterocycles. The van der Waals surface area contributed by atoms with E-state index in [4.69, 9.17) is 9.47 Å². The van der Waals surface area contributed by atoms with Crippen LogP contribution in [-0.2, 0) is 4.79 Å². The number of thiophene rings is 1. The minimum atomic E-state index is -0.546. The van der Waals surface area contributed by atoms with E-state index in [1.165, 1.54) is 4.88 Å². The third-order valence-electron chi connectivity index (χ3n) is 4.19. The van der Waals surface area contributed by atoms with Gasteiger partial charge in [0.1, 0.15) is 6.61 Å². The Morgan fingerprint density at radius 2 is 2.05 bits per heavy atom. The van der Waals surface area contributed by atoms with Gasteiger partial charge in [-0.1, -0.05) is 18.2 Å². The molecule has 22 heavy (non-hydrogen) atoms. The van der Waals surface area contributed by atoms with Gasteiger partial charge in [0.25, 0.3) is 5.91 Å². The van der Waals surface area contributed by atoms with Crippen molar-refractivity contribution in [3.8, 4) is 11.5 Å². The summed E-state index contributed by atoms with van der Waals surface area (Å²) in [6, 6.07) is 11.8. The Balaban J connectivity index is 1.52. The Kier molecular flexibility index (Phi) is 3.50. The Morgan fingerprint density at radius 1 is 1.18 bits per heavy atom. The first kappa shape index (κ1) is 13.6. The third-order valence-corrected chi connectivity index (χ3v) is 5.17. The van der Waals surface area contributed by atoms with Crippen molar-refractivity contribution in [3.05, 3.63) is 46.7 Å². The second kappa shape index (κ2) is 5.65. The van der Waals surface area contributed by atoms with Crippen LogP contribution in [0.3, 0.4) is 0 Å². The highest BCUT2D eigenvalue weighted by molar-refractivity contribution is 7.10. The first-order valence-corrected chi connectivity index (χ1v) is 8.43. The number of fused-ring (bicyclic) bond motifs is 1. The molecular weight excluding hydrogens is 298 g/mol. The summed E-state index contributed by atoms with van der Waals surface area (Å²) in [4.78, 5) is 16.0. The maximum absolute atomic E-state index is 12.8. The molecule has 114 valence electrons.